The lowest BCUT2D eigenvalue weighted by molar-refractivity contribution is 0.335. The number of benzene rings is 1. The topological polar surface area (TPSA) is 19.9 Å². The summed E-state index contributed by atoms with van der Waals surface area (Å²) in [5.41, 5.74) is 3.75. The number of hydrogen-bond acceptors (Lipinski definition) is 0. The summed E-state index contributed by atoms with van der Waals surface area (Å²) in [7, 11) is 0. The van der Waals surface area contributed by atoms with E-state index in [4.69, 9.17) is 0 Å². The molecule has 227 valence electrons. The fraction of sp³-hybridized carbons (Fsp3) is 0.842. The zero-order valence-corrected chi connectivity index (χ0v) is 27.8. The highest BCUT2D eigenvalue weighted by Gasteiger charge is 2.27. The van der Waals surface area contributed by atoms with Crippen molar-refractivity contribution in [3.63, 3.8) is 0 Å². The second-order valence-electron chi connectivity index (χ2n) is 13.7. The Morgan fingerprint density at radius 1 is 0.538 bits per heavy atom. The van der Waals surface area contributed by atoms with E-state index in [1.807, 2.05) is 0 Å². The lowest BCUT2D eigenvalue weighted by Crippen LogP contribution is -2.18. The molecular weight excluding hydrogens is 472 g/mol. The average Bonchev–Trinajstić information content (AvgIpc) is 2.91. The molecule has 0 heterocycles. The van der Waals surface area contributed by atoms with E-state index in [1.165, 1.54) is 134 Å². The second kappa shape index (κ2) is 21.7. The van der Waals surface area contributed by atoms with E-state index in [2.05, 4.69) is 60.6 Å². The summed E-state index contributed by atoms with van der Waals surface area (Å²) in [5, 5.41) is 13.9. The summed E-state index contributed by atoms with van der Waals surface area (Å²) in [6, 6.07) is 4.66. The molecule has 0 amide bonds. The Labute approximate surface area is 246 Å². The van der Waals surface area contributed by atoms with Gasteiger partial charge in [-0.05, 0) is 42.1 Å². The molecule has 2 unspecified atom stereocenters. The Morgan fingerprint density at radius 3 is 1.26 bits per heavy atom. The first-order valence-corrected chi connectivity index (χ1v) is 17.6. The molecule has 0 saturated heterocycles. The average molecular weight is 542 g/mol. The van der Waals surface area contributed by atoms with Crippen molar-refractivity contribution in [2.45, 2.75) is 207 Å². The number of hydrogen-bond donors (Lipinski definition) is 0. The molecule has 2 atom stereocenters. The van der Waals surface area contributed by atoms with Crippen molar-refractivity contribution in [2.75, 3.05) is 0 Å². The highest BCUT2D eigenvalue weighted by molar-refractivity contribution is 5.48. The molecule has 1 radical (unpaired) electrons. The summed E-state index contributed by atoms with van der Waals surface area (Å²) >= 11 is 0. The molecule has 0 spiro atoms. The maximum Gasteiger partial charge on any atom is 0.185 e. The van der Waals surface area contributed by atoms with Crippen LogP contribution in [0.25, 0.3) is 0 Å². The molecule has 0 aliphatic heterocycles. The molecule has 1 aromatic rings. The van der Waals surface area contributed by atoms with Crippen LogP contribution in [-0.4, -0.2) is 0 Å². The Balaban J connectivity index is 2.86. The first-order chi connectivity index (χ1) is 18.8. The standard InChI is InChI=1S/C38H69O/c1-8-11-14-16-18-20-22-24-27-32(4)35-30-34(38(6,7)29-26-13-10-3)31-36(37(35)39)33(5)28-25-23-21-19-17-15-12-9-2/h30-33H,8-29H2,1-7H3. The SMILES string of the molecule is CCCCCCCCCCC(C)c1cc(C(C)(C)CCCCC)cc(C(C)CCCCCCCCCC)c1[O]. The molecule has 0 bridgehead atoms. The third kappa shape index (κ3) is 15.0. The Hall–Kier alpha value is -0.980. The van der Waals surface area contributed by atoms with Crippen LogP contribution in [0.5, 0.6) is 5.75 Å². The molecule has 1 heteroatoms. The third-order valence-electron chi connectivity index (χ3n) is 9.38. The van der Waals surface area contributed by atoms with Crippen LogP contribution in [0.15, 0.2) is 12.1 Å². The van der Waals surface area contributed by atoms with Crippen molar-refractivity contribution >= 4 is 0 Å². The van der Waals surface area contributed by atoms with E-state index in [1.54, 1.807) is 0 Å². The summed E-state index contributed by atoms with van der Waals surface area (Å²) in [4.78, 5) is 0. The minimum Gasteiger partial charge on any atom is -0.289 e. The van der Waals surface area contributed by atoms with Gasteiger partial charge >= 0.3 is 0 Å². The zero-order valence-electron chi connectivity index (χ0n) is 27.8. The van der Waals surface area contributed by atoms with Crippen LogP contribution in [0.3, 0.4) is 0 Å². The first-order valence-electron chi connectivity index (χ1n) is 17.6. The van der Waals surface area contributed by atoms with Crippen molar-refractivity contribution in [2.24, 2.45) is 0 Å². The molecule has 0 aromatic heterocycles. The molecule has 39 heavy (non-hydrogen) atoms. The van der Waals surface area contributed by atoms with Crippen LogP contribution < -0.4 is 0 Å². The van der Waals surface area contributed by atoms with E-state index in [-0.39, 0.29) is 5.41 Å². The Kier molecular flexibility index (Phi) is 20.1. The fourth-order valence-corrected chi connectivity index (χ4v) is 6.24. The normalized spacial score (nSPS) is 13.6. The van der Waals surface area contributed by atoms with Gasteiger partial charge in [0.2, 0.25) is 0 Å². The quantitative estimate of drug-likeness (QED) is 0.110. The lowest BCUT2D eigenvalue weighted by Gasteiger charge is -2.29. The largest absolute Gasteiger partial charge is 0.289 e. The van der Waals surface area contributed by atoms with E-state index < -0.39 is 0 Å². The molecule has 1 rings (SSSR count). The van der Waals surface area contributed by atoms with Crippen molar-refractivity contribution < 1.29 is 5.11 Å². The second-order valence-corrected chi connectivity index (χ2v) is 13.7. The summed E-state index contributed by atoms with van der Waals surface area (Å²) in [5.74, 6) is 1.08. The van der Waals surface area contributed by atoms with Gasteiger partial charge in [0, 0.05) is 11.1 Å². The highest BCUT2D eigenvalue weighted by atomic mass is 16.3. The van der Waals surface area contributed by atoms with Gasteiger partial charge in [-0.15, -0.1) is 0 Å². The van der Waals surface area contributed by atoms with Crippen molar-refractivity contribution in [1.29, 1.82) is 0 Å². The molecule has 0 aliphatic carbocycles. The van der Waals surface area contributed by atoms with Gasteiger partial charge in [-0.25, -0.2) is 0 Å². The van der Waals surface area contributed by atoms with E-state index in [9.17, 15) is 5.11 Å². The molecular formula is C38H69O. The highest BCUT2D eigenvalue weighted by Crippen LogP contribution is 2.42. The van der Waals surface area contributed by atoms with Gasteiger partial charge < -0.3 is 0 Å². The zero-order chi connectivity index (χ0) is 28.9. The van der Waals surface area contributed by atoms with Crippen LogP contribution in [0.4, 0.5) is 0 Å². The van der Waals surface area contributed by atoms with Gasteiger partial charge in [0.1, 0.15) is 0 Å². The van der Waals surface area contributed by atoms with Crippen molar-refractivity contribution in [3.05, 3.63) is 28.8 Å². The molecule has 1 nitrogen and oxygen atoms in total. The summed E-state index contributed by atoms with van der Waals surface area (Å²) in [6.07, 6.45) is 28.9. The number of rotatable bonds is 25. The number of unbranched alkanes of at least 4 members (excludes halogenated alkanes) is 16. The molecule has 0 N–H and O–H groups in total. The monoisotopic (exact) mass is 542 g/mol. The minimum atomic E-state index is 0.128. The first kappa shape index (κ1) is 36.0. The predicted molar refractivity (Wildman–Crippen MR) is 175 cm³/mol. The smallest absolute Gasteiger partial charge is 0.185 e. The van der Waals surface area contributed by atoms with Crippen LogP contribution in [0.1, 0.15) is 218 Å². The van der Waals surface area contributed by atoms with Crippen LogP contribution in [-0.2, 0) is 10.5 Å². The lowest BCUT2D eigenvalue weighted by atomic mass is 9.76. The van der Waals surface area contributed by atoms with Crippen molar-refractivity contribution in [1.82, 2.24) is 0 Å². The van der Waals surface area contributed by atoms with Crippen LogP contribution in [0.2, 0.25) is 0 Å². The van der Waals surface area contributed by atoms with E-state index >= 15 is 0 Å². The minimum absolute atomic E-state index is 0.128. The molecule has 1 aromatic carbocycles. The third-order valence-corrected chi connectivity index (χ3v) is 9.38. The fourth-order valence-electron chi connectivity index (χ4n) is 6.24. The van der Waals surface area contributed by atoms with Crippen LogP contribution in [0, 0.1) is 0 Å². The predicted octanol–water partition coefficient (Wildman–Crippen LogP) is 14.0. The molecule has 0 fully saturated rings. The van der Waals surface area contributed by atoms with Gasteiger partial charge in [-0.3, -0.25) is 5.11 Å². The van der Waals surface area contributed by atoms with Gasteiger partial charge in [0.05, 0.1) is 0 Å². The van der Waals surface area contributed by atoms with E-state index in [0.717, 1.165) is 24.0 Å². The maximum atomic E-state index is 13.9. The van der Waals surface area contributed by atoms with Gasteiger partial charge in [0.25, 0.3) is 0 Å². The summed E-state index contributed by atoms with van der Waals surface area (Å²) < 4.78 is 0. The Bertz CT molecular complexity index is 670. The molecule has 0 saturated carbocycles. The molecule has 0 aliphatic rings. The van der Waals surface area contributed by atoms with Crippen molar-refractivity contribution in [3.8, 4) is 5.75 Å². The van der Waals surface area contributed by atoms with Gasteiger partial charge in [0.15, 0.2) is 5.75 Å². The van der Waals surface area contributed by atoms with Crippen LogP contribution >= 0.6 is 0 Å². The van der Waals surface area contributed by atoms with Gasteiger partial charge in [-0.1, -0.05) is 183 Å². The maximum absolute atomic E-state index is 13.9. The van der Waals surface area contributed by atoms with Gasteiger partial charge in [-0.2, -0.15) is 0 Å². The Morgan fingerprint density at radius 2 is 0.872 bits per heavy atom. The van der Waals surface area contributed by atoms with E-state index in [0.29, 0.717) is 17.6 Å². The summed E-state index contributed by atoms with van der Waals surface area (Å²) in [6.45, 7) is 16.3.